The van der Waals surface area contributed by atoms with E-state index in [0.717, 1.165) is 0 Å². The highest BCUT2D eigenvalue weighted by molar-refractivity contribution is 5.86. The Morgan fingerprint density at radius 2 is 1.95 bits per heavy atom. The number of nitrogens with zero attached hydrogens (tertiary/aromatic N) is 2. The summed E-state index contributed by atoms with van der Waals surface area (Å²) in [6.07, 6.45) is 1.17. The van der Waals surface area contributed by atoms with Gasteiger partial charge >= 0.3 is 11.9 Å². The molecule has 7 nitrogen and oxygen atoms in total. The molecule has 0 radical (unpaired) electrons. The smallest absolute Gasteiger partial charge is 0.320 e. The van der Waals surface area contributed by atoms with Crippen molar-refractivity contribution in [3.63, 3.8) is 0 Å². The molecule has 0 aliphatic heterocycles. The van der Waals surface area contributed by atoms with Crippen molar-refractivity contribution < 1.29 is 24.2 Å². The van der Waals surface area contributed by atoms with Crippen LogP contribution in [0.25, 0.3) is 0 Å². The Bertz CT molecular complexity index is 343. The van der Waals surface area contributed by atoms with Gasteiger partial charge in [-0.05, 0) is 12.6 Å². The van der Waals surface area contributed by atoms with E-state index in [4.69, 9.17) is 9.84 Å². The molecule has 1 N–H and O–H groups in total. The summed E-state index contributed by atoms with van der Waals surface area (Å²) in [5, 5.41) is 8.62. The Morgan fingerprint density at radius 3 is 2.42 bits per heavy atom. The third-order valence-corrected chi connectivity index (χ3v) is 2.40. The van der Waals surface area contributed by atoms with Crippen molar-refractivity contribution in [3.8, 4) is 0 Å². The molecule has 1 amide bonds. The molecule has 0 heterocycles. The molecule has 0 fully saturated rings. The van der Waals surface area contributed by atoms with E-state index >= 15 is 0 Å². The minimum Gasteiger partial charge on any atom is -0.480 e. The van der Waals surface area contributed by atoms with Crippen LogP contribution in [0.5, 0.6) is 0 Å². The van der Waals surface area contributed by atoms with E-state index in [1.165, 1.54) is 15.9 Å². The van der Waals surface area contributed by atoms with Gasteiger partial charge in [-0.25, -0.2) is 0 Å². The van der Waals surface area contributed by atoms with Crippen molar-refractivity contribution in [2.75, 3.05) is 39.8 Å². The highest BCUT2D eigenvalue weighted by atomic mass is 16.5. The van der Waals surface area contributed by atoms with Crippen molar-refractivity contribution in [1.82, 2.24) is 9.80 Å². The summed E-state index contributed by atoms with van der Waals surface area (Å²) in [7, 11) is 1.57. The number of likely N-dealkylation sites (N-methyl/N-ethyl adjacent to an activating group) is 2. The van der Waals surface area contributed by atoms with Crippen molar-refractivity contribution in [2.24, 2.45) is 0 Å². The van der Waals surface area contributed by atoms with Gasteiger partial charge in [0.2, 0.25) is 5.91 Å². The average Bonchev–Trinajstić information content (AvgIpc) is 2.36. The molecule has 0 aliphatic rings. The Morgan fingerprint density at radius 1 is 1.32 bits per heavy atom. The van der Waals surface area contributed by atoms with Crippen LogP contribution >= 0.6 is 0 Å². The van der Waals surface area contributed by atoms with E-state index in [9.17, 15) is 14.4 Å². The van der Waals surface area contributed by atoms with Crippen molar-refractivity contribution in [1.29, 1.82) is 0 Å². The SMILES string of the molecule is C=CC(=O)N(C)CCOC(=O)CN(CC)CC(=O)O. The number of carboxylic acids is 1. The number of hydrogen-bond donors (Lipinski definition) is 1. The Kier molecular flexibility index (Phi) is 8.19. The minimum absolute atomic E-state index is 0.0690. The van der Waals surface area contributed by atoms with Gasteiger partial charge < -0.3 is 14.7 Å². The zero-order chi connectivity index (χ0) is 14.8. The predicted molar refractivity (Wildman–Crippen MR) is 68.5 cm³/mol. The molecule has 0 saturated heterocycles. The molecule has 0 aromatic carbocycles. The normalized spacial score (nSPS) is 10.1. The van der Waals surface area contributed by atoms with Gasteiger partial charge in [0.25, 0.3) is 0 Å². The number of hydrogen-bond acceptors (Lipinski definition) is 5. The molecule has 0 spiro atoms. The fourth-order valence-corrected chi connectivity index (χ4v) is 1.26. The monoisotopic (exact) mass is 272 g/mol. The third kappa shape index (κ3) is 7.93. The van der Waals surface area contributed by atoms with Crippen LogP contribution in [-0.4, -0.2) is 72.6 Å². The van der Waals surface area contributed by atoms with Gasteiger partial charge in [-0.1, -0.05) is 13.5 Å². The largest absolute Gasteiger partial charge is 0.480 e. The molecule has 7 heteroatoms. The van der Waals surface area contributed by atoms with E-state index in [-0.39, 0.29) is 32.1 Å². The molecule has 0 unspecified atom stereocenters. The van der Waals surface area contributed by atoms with E-state index in [1.807, 2.05) is 0 Å². The minimum atomic E-state index is -0.994. The van der Waals surface area contributed by atoms with Crippen LogP contribution in [0, 0.1) is 0 Å². The number of carbonyl (C=O) groups excluding carboxylic acids is 2. The standard InChI is InChI=1S/C12H20N2O5/c1-4-10(15)13(3)6-7-19-12(18)9-14(5-2)8-11(16)17/h4H,1,5-9H2,2-3H3,(H,16,17). The molecule has 0 aromatic rings. The summed E-state index contributed by atoms with van der Waals surface area (Å²) >= 11 is 0. The first-order chi connectivity index (χ1) is 8.90. The van der Waals surface area contributed by atoms with Crippen LogP contribution < -0.4 is 0 Å². The molecule has 0 aliphatic carbocycles. The topological polar surface area (TPSA) is 87.2 Å². The summed E-state index contributed by atoms with van der Waals surface area (Å²) < 4.78 is 4.92. The zero-order valence-electron chi connectivity index (χ0n) is 11.3. The van der Waals surface area contributed by atoms with Crippen LogP contribution in [-0.2, 0) is 19.1 Å². The van der Waals surface area contributed by atoms with Crippen LogP contribution in [0.15, 0.2) is 12.7 Å². The lowest BCUT2D eigenvalue weighted by Gasteiger charge is -2.18. The van der Waals surface area contributed by atoms with Gasteiger partial charge in [-0.15, -0.1) is 0 Å². The molecular weight excluding hydrogens is 252 g/mol. The fourth-order valence-electron chi connectivity index (χ4n) is 1.26. The van der Waals surface area contributed by atoms with E-state index < -0.39 is 11.9 Å². The van der Waals surface area contributed by atoms with Gasteiger partial charge in [0.1, 0.15) is 6.61 Å². The fraction of sp³-hybridized carbons (Fsp3) is 0.583. The molecule has 108 valence electrons. The lowest BCUT2D eigenvalue weighted by molar-refractivity contribution is -0.147. The van der Waals surface area contributed by atoms with Crippen molar-refractivity contribution in [3.05, 3.63) is 12.7 Å². The first-order valence-electron chi connectivity index (χ1n) is 5.88. The van der Waals surface area contributed by atoms with Gasteiger partial charge in [0, 0.05) is 7.05 Å². The number of carboxylic acid groups (broad SMARTS) is 1. The molecular formula is C12H20N2O5. The van der Waals surface area contributed by atoms with Gasteiger partial charge in [-0.2, -0.15) is 0 Å². The molecule has 0 rings (SSSR count). The number of esters is 1. The lowest BCUT2D eigenvalue weighted by atomic mass is 10.4. The molecule has 0 saturated carbocycles. The number of rotatable bonds is 9. The van der Waals surface area contributed by atoms with E-state index in [2.05, 4.69) is 6.58 Å². The lowest BCUT2D eigenvalue weighted by Crippen LogP contribution is -2.36. The van der Waals surface area contributed by atoms with E-state index in [0.29, 0.717) is 6.54 Å². The molecule has 19 heavy (non-hydrogen) atoms. The maximum Gasteiger partial charge on any atom is 0.320 e. The van der Waals surface area contributed by atoms with Crippen molar-refractivity contribution in [2.45, 2.75) is 6.92 Å². The number of ether oxygens (including phenoxy) is 1. The number of amides is 1. The average molecular weight is 272 g/mol. The first kappa shape index (κ1) is 17.1. The van der Waals surface area contributed by atoms with Gasteiger partial charge in [0.15, 0.2) is 0 Å². The van der Waals surface area contributed by atoms with E-state index in [1.54, 1.807) is 14.0 Å². The second-order valence-corrected chi connectivity index (χ2v) is 3.88. The van der Waals surface area contributed by atoms with Crippen molar-refractivity contribution >= 4 is 17.8 Å². The predicted octanol–water partition coefficient (Wildman–Crippen LogP) is -0.419. The summed E-state index contributed by atoms with van der Waals surface area (Å²) in [6.45, 7) is 5.58. The van der Waals surface area contributed by atoms with Crippen LogP contribution in [0.2, 0.25) is 0 Å². The van der Waals surface area contributed by atoms with Crippen LogP contribution in [0.1, 0.15) is 6.92 Å². The number of carbonyl (C=O) groups is 3. The molecule has 0 atom stereocenters. The summed E-state index contributed by atoms with van der Waals surface area (Å²) in [4.78, 5) is 35.9. The maximum atomic E-state index is 11.4. The second-order valence-electron chi connectivity index (χ2n) is 3.88. The maximum absolute atomic E-state index is 11.4. The Labute approximate surface area is 112 Å². The summed E-state index contributed by atoms with van der Waals surface area (Å²) in [6, 6.07) is 0. The third-order valence-electron chi connectivity index (χ3n) is 2.40. The molecule has 0 aromatic heterocycles. The second kappa shape index (κ2) is 9.09. The summed E-state index contributed by atoms with van der Waals surface area (Å²) in [5.74, 6) is -1.76. The van der Waals surface area contributed by atoms with Crippen LogP contribution in [0.4, 0.5) is 0 Å². The Hall–Kier alpha value is -1.89. The van der Waals surface area contributed by atoms with Gasteiger partial charge in [-0.3, -0.25) is 19.3 Å². The zero-order valence-corrected chi connectivity index (χ0v) is 11.3. The highest BCUT2D eigenvalue weighted by Gasteiger charge is 2.13. The van der Waals surface area contributed by atoms with Gasteiger partial charge in [0.05, 0.1) is 19.6 Å². The summed E-state index contributed by atoms with van der Waals surface area (Å²) in [5.41, 5.74) is 0. The first-order valence-corrected chi connectivity index (χ1v) is 5.88. The Balaban J connectivity index is 3.94. The number of aliphatic carboxylic acids is 1. The molecule has 0 bridgehead atoms. The van der Waals surface area contributed by atoms with Crippen LogP contribution in [0.3, 0.4) is 0 Å². The quantitative estimate of drug-likeness (QED) is 0.453. The highest BCUT2D eigenvalue weighted by Crippen LogP contribution is 1.92.